The van der Waals surface area contributed by atoms with Crippen molar-refractivity contribution in [3.8, 4) is 0 Å². The Hall–Kier alpha value is -1.13. The van der Waals surface area contributed by atoms with E-state index in [1.54, 1.807) is 0 Å². The van der Waals surface area contributed by atoms with Crippen LogP contribution >= 0.6 is 0 Å². The van der Waals surface area contributed by atoms with E-state index in [2.05, 4.69) is 68.9 Å². The van der Waals surface area contributed by atoms with Crippen molar-refractivity contribution in [3.05, 3.63) is 24.0 Å². The second kappa shape index (κ2) is 5.93. The highest BCUT2D eigenvalue weighted by Crippen LogP contribution is 2.31. The van der Waals surface area contributed by atoms with Crippen LogP contribution in [0.3, 0.4) is 0 Å². The molecule has 0 atom stereocenters. The van der Waals surface area contributed by atoms with E-state index in [9.17, 15) is 0 Å². The first-order valence-corrected chi connectivity index (χ1v) is 7.80. The molecule has 0 radical (unpaired) electrons. The zero-order chi connectivity index (χ0) is 15.7. The number of pyridine rings is 1. The summed E-state index contributed by atoms with van der Waals surface area (Å²) in [5.74, 6) is 0. The first-order valence-electron chi connectivity index (χ1n) is 7.80. The van der Waals surface area contributed by atoms with Gasteiger partial charge in [0.2, 0.25) is 0 Å². The van der Waals surface area contributed by atoms with Crippen molar-refractivity contribution >= 4 is 5.69 Å². The standard InChI is InChI=1S/C17H29N3O/c1-13(2)19-10-14-9-15(7-8-18-14)20-11-16(3,4)21-17(5,6)12-20/h7-9,13,19H,10-12H2,1-6H3. The van der Waals surface area contributed by atoms with Gasteiger partial charge in [0, 0.05) is 37.6 Å². The molecule has 0 saturated carbocycles. The van der Waals surface area contributed by atoms with Crippen LogP contribution in [0.2, 0.25) is 0 Å². The molecule has 4 nitrogen and oxygen atoms in total. The lowest BCUT2D eigenvalue weighted by molar-refractivity contribution is -0.133. The first kappa shape index (κ1) is 16.2. The molecule has 2 heterocycles. The fourth-order valence-electron chi connectivity index (χ4n) is 3.04. The molecule has 0 aromatic carbocycles. The van der Waals surface area contributed by atoms with Crippen molar-refractivity contribution < 1.29 is 4.74 Å². The Bertz CT molecular complexity index is 467. The second-order valence-corrected chi connectivity index (χ2v) is 7.52. The second-order valence-electron chi connectivity index (χ2n) is 7.52. The molecule has 1 aliphatic rings. The van der Waals surface area contributed by atoms with Gasteiger partial charge in [-0.05, 0) is 39.8 Å². The normalized spacial score (nSPS) is 20.8. The average molecular weight is 291 g/mol. The van der Waals surface area contributed by atoms with Crippen molar-refractivity contribution in [3.63, 3.8) is 0 Å². The summed E-state index contributed by atoms with van der Waals surface area (Å²) in [5.41, 5.74) is 2.04. The maximum atomic E-state index is 6.15. The molecule has 1 aromatic heterocycles. The minimum Gasteiger partial charge on any atom is -0.366 e. The molecule has 0 spiro atoms. The topological polar surface area (TPSA) is 37.4 Å². The van der Waals surface area contributed by atoms with Crippen molar-refractivity contribution in [2.75, 3.05) is 18.0 Å². The number of aromatic nitrogens is 1. The number of morpholine rings is 1. The van der Waals surface area contributed by atoms with E-state index in [4.69, 9.17) is 4.74 Å². The summed E-state index contributed by atoms with van der Waals surface area (Å²) < 4.78 is 6.15. The quantitative estimate of drug-likeness (QED) is 0.925. The highest BCUT2D eigenvalue weighted by atomic mass is 16.5. The highest BCUT2D eigenvalue weighted by molar-refractivity contribution is 5.48. The van der Waals surface area contributed by atoms with Gasteiger partial charge in [-0.1, -0.05) is 13.8 Å². The summed E-state index contributed by atoms with van der Waals surface area (Å²) in [4.78, 5) is 6.87. The third-order valence-electron chi connectivity index (χ3n) is 3.55. The molecule has 1 fully saturated rings. The van der Waals surface area contributed by atoms with Gasteiger partial charge in [-0.3, -0.25) is 4.98 Å². The molecule has 0 amide bonds. The molecule has 1 aromatic rings. The molecule has 0 bridgehead atoms. The van der Waals surface area contributed by atoms with E-state index in [1.807, 2.05) is 6.20 Å². The lowest BCUT2D eigenvalue weighted by Crippen LogP contribution is -2.57. The van der Waals surface area contributed by atoms with Crippen LogP contribution in [0, 0.1) is 0 Å². The van der Waals surface area contributed by atoms with Crippen molar-refractivity contribution in [2.45, 2.75) is 65.3 Å². The zero-order valence-corrected chi connectivity index (χ0v) is 14.2. The first-order chi connectivity index (χ1) is 9.67. The molecule has 4 heteroatoms. The summed E-state index contributed by atoms with van der Waals surface area (Å²) in [7, 11) is 0. The predicted octanol–water partition coefficient (Wildman–Crippen LogP) is 2.97. The molecule has 2 rings (SSSR count). The third-order valence-corrected chi connectivity index (χ3v) is 3.55. The molecule has 0 unspecified atom stereocenters. The Morgan fingerprint density at radius 2 is 1.86 bits per heavy atom. The summed E-state index contributed by atoms with van der Waals surface area (Å²) >= 11 is 0. The number of hydrogen-bond acceptors (Lipinski definition) is 4. The van der Waals surface area contributed by atoms with Gasteiger partial charge in [0.15, 0.2) is 0 Å². The maximum absolute atomic E-state index is 6.15. The van der Waals surface area contributed by atoms with E-state index in [1.165, 1.54) is 5.69 Å². The number of ether oxygens (including phenoxy) is 1. The lowest BCUT2D eigenvalue weighted by atomic mass is 9.98. The largest absolute Gasteiger partial charge is 0.366 e. The smallest absolute Gasteiger partial charge is 0.0808 e. The minimum atomic E-state index is -0.138. The molecule has 1 aliphatic heterocycles. The highest BCUT2D eigenvalue weighted by Gasteiger charge is 2.38. The van der Waals surface area contributed by atoms with Gasteiger partial charge >= 0.3 is 0 Å². The van der Waals surface area contributed by atoms with Gasteiger partial charge < -0.3 is 15.0 Å². The molecule has 21 heavy (non-hydrogen) atoms. The predicted molar refractivity (Wildman–Crippen MR) is 87.7 cm³/mol. The Balaban J connectivity index is 2.15. The van der Waals surface area contributed by atoms with E-state index < -0.39 is 0 Å². The number of anilines is 1. The Labute approximate surface area is 128 Å². The van der Waals surface area contributed by atoms with Crippen LogP contribution in [0.25, 0.3) is 0 Å². The van der Waals surface area contributed by atoms with E-state index in [-0.39, 0.29) is 11.2 Å². The minimum absolute atomic E-state index is 0.138. The van der Waals surface area contributed by atoms with E-state index in [0.717, 1.165) is 25.3 Å². The fourth-order valence-corrected chi connectivity index (χ4v) is 3.04. The Morgan fingerprint density at radius 3 is 2.43 bits per heavy atom. The molecule has 1 saturated heterocycles. The molecule has 118 valence electrons. The van der Waals surface area contributed by atoms with Crippen LogP contribution in [0.5, 0.6) is 0 Å². The maximum Gasteiger partial charge on any atom is 0.0808 e. The summed E-state index contributed by atoms with van der Waals surface area (Å²) in [6.45, 7) is 15.5. The summed E-state index contributed by atoms with van der Waals surface area (Å²) in [6.07, 6.45) is 1.90. The summed E-state index contributed by atoms with van der Waals surface area (Å²) in [6, 6.07) is 4.75. The monoisotopic (exact) mass is 291 g/mol. The van der Waals surface area contributed by atoms with Gasteiger partial charge in [0.05, 0.1) is 16.9 Å². The number of nitrogens with zero attached hydrogens (tertiary/aromatic N) is 2. The van der Waals surface area contributed by atoms with Gasteiger partial charge in [-0.25, -0.2) is 0 Å². The van der Waals surface area contributed by atoms with Crippen molar-refractivity contribution in [2.24, 2.45) is 0 Å². The van der Waals surface area contributed by atoms with Crippen LogP contribution in [0.1, 0.15) is 47.2 Å². The van der Waals surface area contributed by atoms with Crippen LogP contribution < -0.4 is 10.2 Å². The molecular weight excluding hydrogens is 262 g/mol. The average Bonchev–Trinajstić information content (AvgIpc) is 2.33. The number of rotatable bonds is 4. The van der Waals surface area contributed by atoms with Crippen LogP contribution in [0.15, 0.2) is 18.3 Å². The van der Waals surface area contributed by atoms with Crippen LogP contribution in [-0.2, 0) is 11.3 Å². The lowest BCUT2D eigenvalue weighted by Gasteiger charge is -2.48. The van der Waals surface area contributed by atoms with Gasteiger partial charge in [-0.15, -0.1) is 0 Å². The Kier molecular flexibility index (Phi) is 4.59. The van der Waals surface area contributed by atoms with Gasteiger partial charge in [0.1, 0.15) is 0 Å². The fraction of sp³-hybridized carbons (Fsp3) is 0.706. The zero-order valence-electron chi connectivity index (χ0n) is 14.2. The molecule has 0 aliphatic carbocycles. The molecule has 1 N–H and O–H groups in total. The van der Waals surface area contributed by atoms with Crippen LogP contribution in [-0.4, -0.2) is 35.3 Å². The Morgan fingerprint density at radius 1 is 1.24 bits per heavy atom. The van der Waals surface area contributed by atoms with Crippen molar-refractivity contribution in [1.82, 2.24) is 10.3 Å². The third kappa shape index (κ3) is 4.68. The summed E-state index contributed by atoms with van der Waals surface area (Å²) in [5, 5.41) is 3.42. The number of hydrogen-bond donors (Lipinski definition) is 1. The number of nitrogens with one attached hydrogen (secondary N) is 1. The van der Waals surface area contributed by atoms with Gasteiger partial charge in [0.25, 0.3) is 0 Å². The van der Waals surface area contributed by atoms with Crippen molar-refractivity contribution in [1.29, 1.82) is 0 Å². The van der Waals surface area contributed by atoms with E-state index in [0.29, 0.717) is 6.04 Å². The SMILES string of the molecule is CC(C)NCc1cc(N2CC(C)(C)OC(C)(C)C2)ccn1. The van der Waals surface area contributed by atoms with Crippen LogP contribution in [0.4, 0.5) is 5.69 Å². The molecular formula is C17H29N3O. The van der Waals surface area contributed by atoms with Gasteiger partial charge in [-0.2, -0.15) is 0 Å². The van der Waals surface area contributed by atoms with E-state index >= 15 is 0 Å².